The van der Waals surface area contributed by atoms with Crippen molar-refractivity contribution in [3.05, 3.63) is 77.4 Å². The SMILES string of the molecule is COc1ccc(C2(C(C(=O)Nc3c(C)cccc3C)C3CCCCC3)Nc3ccccc3N2)c(OC)c1. The molecule has 3 aromatic rings. The largest absolute Gasteiger partial charge is 0.497 e. The molecule has 0 bridgehead atoms. The zero-order valence-corrected chi connectivity index (χ0v) is 22.2. The van der Waals surface area contributed by atoms with Crippen LogP contribution in [0.5, 0.6) is 11.5 Å². The predicted octanol–water partition coefficient (Wildman–Crippen LogP) is 6.85. The number of hydrogen-bond acceptors (Lipinski definition) is 5. The van der Waals surface area contributed by atoms with E-state index in [0.29, 0.717) is 11.5 Å². The summed E-state index contributed by atoms with van der Waals surface area (Å²) in [4.78, 5) is 14.5. The highest BCUT2D eigenvalue weighted by atomic mass is 16.5. The zero-order valence-electron chi connectivity index (χ0n) is 22.2. The summed E-state index contributed by atoms with van der Waals surface area (Å²) in [6, 6.07) is 20.1. The van der Waals surface area contributed by atoms with Crippen molar-refractivity contribution in [3.63, 3.8) is 0 Å². The maximum absolute atomic E-state index is 14.5. The molecular weight excluding hydrogens is 462 g/mol. The van der Waals surface area contributed by atoms with Crippen LogP contribution < -0.4 is 25.4 Å². The molecule has 6 heteroatoms. The number of hydrogen-bond donors (Lipinski definition) is 3. The molecule has 1 amide bonds. The van der Waals surface area contributed by atoms with Gasteiger partial charge in [0.2, 0.25) is 5.91 Å². The summed E-state index contributed by atoms with van der Waals surface area (Å²) in [5.41, 5.74) is 4.94. The molecule has 0 spiro atoms. The number of nitrogens with one attached hydrogen (secondary N) is 3. The van der Waals surface area contributed by atoms with Gasteiger partial charge in [-0.1, -0.05) is 49.6 Å². The quantitative estimate of drug-likeness (QED) is 0.332. The van der Waals surface area contributed by atoms with Gasteiger partial charge in [0, 0.05) is 17.3 Å². The van der Waals surface area contributed by atoms with E-state index < -0.39 is 11.6 Å². The van der Waals surface area contributed by atoms with Gasteiger partial charge in [-0.15, -0.1) is 0 Å². The van der Waals surface area contributed by atoms with Crippen LogP contribution in [0.1, 0.15) is 48.8 Å². The van der Waals surface area contributed by atoms with Crippen LogP contribution in [0.3, 0.4) is 0 Å². The van der Waals surface area contributed by atoms with Gasteiger partial charge in [0.05, 0.1) is 31.5 Å². The van der Waals surface area contributed by atoms with Gasteiger partial charge in [0.25, 0.3) is 0 Å². The lowest BCUT2D eigenvalue weighted by Crippen LogP contribution is -2.54. The van der Waals surface area contributed by atoms with E-state index in [-0.39, 0.29) is 11.8 Å². The van der Waals surface area contributed by atoms with Crippen molar-refractivity contribution in [3.8, 4) is 11.5 Å². The Bertz CT molecular complexity index is 1240. The summed E-state index contributed by atoms with van der Waals surface area (Å²) in [6.07, 6.45) is 5.47. The lowest BCUT2D eigenvalue weighted by Gasteiger charge is -2.43. The topological polar surface area (TPSA) is 71.6 Å². The third-order valence-corrected chi connectivity index (χ3v) is 8.02. The Hall–Kier alpha value is -3.67. The van der Waals surface area contributed by atoms with E-state index in [1.165, 1.54) is 6.42 Å². The smallest absolute Gasteiger partial charge is 0.232 e. The Morgan fingerprint density at radius 2 is 1.54 bits per heavy atom. The van der Waals surface area contributed by atoms with Crippen molar-refractivity contribution < 1.29 is 14.3 Å². The van der Waals surface area contributed by atoms with Crippen molar-refractivity contribution >= 4 is 23.0 Å². The molecule has 1 fully saturated rings. The fourth-order valence-electron chi connectivity index (χ4n) is 6.18. The highest BCUT2D eigenvalue weighted by Gasteiger charge is 2.53. The molecule has 194 valence electrons. The number of benzene rings is 3. The van der Waals surface area contributed by atoms with E-state index in [1.54, 1.807) is 14.2 Å². The summed E-state index contributed by atoms with van der Waals surface area (Å²) in [5, 5.41) is 10.9. The minimum absolute atomic E-state index is 0.00924. The third kappa shape index (κ3) is 4.61. The Labute approximate surface area is 219 Å². The molecule has 2 aliphatic rings. The highest BCUT2D eigenvalue weighted by Crippen LogP contribution is 2.51. The number of aryl methyl sites for hydroxylation is 2. The highest BCUT2D eigenvalue weighted by molar-refractivity contribution is 5.97. The molecular formula is C31H37N3O3. The Morgan fingerprint density at radius 3 is 2.14 bits per heavy atom. The van der Waals surface area contributed by atoms with Gasteiger partial charge in [0.1, 0.15) is 11.5 Å². The second-order valence-corrected chi connectivity index (χ2v) is 10.3. The molecule has 1 aliphatic heterocycles. The van der Waals surface area contributed by atoms with Crippen LogP contribution in [0.4, 0.5) is 17.1 Å². The van der Waals surface area contributed by atoms with Gasteiger partial charge >= 0.3 is 0 Å². The number of carbonyl (C=O) groups excluding carboxylic acids is 1. The van der Waals surface area contributed by atoms with Gasteiger partial charge in [-0.2, -0.15) is 0 Å². The van der Waals surface area contributed by atoms with Crippen LogP contribution in [0.25, 0.3) is 0 Å². The van der Waals surface area contributed by atoms with E-state index in [0.717, 1.165) is 59.4 Å². The standard InChI is InChI=1S/C31H37N3O3/c1-20-11-10-12-21(2)29(20)32-30(35)28(22-13-6-5-7-14-22)31(33-25-15-8-9-16-26(25)34-31)24-18-17-23(36-3)19-27(24)37-4/h8-12,15-19,22,28,33-34H,5-7,13-14H2,1-4H3,(H,32,35). The van der Waals surface area contributed by atoms with Crippen LogP contribution in [-0.4, -0.2) is 20.1 Å². The summed E-state index contributed by atoms with van der Waals surface area (Å²) in [6.45, 7) is 4.09. The number of anilines is 3. The first kappa shape index (κ1) is 25.0. The summed E-state index contributed by atoms with van der Waals surface area (Å²) < 4.78 is 11.4. The maximum Gasteiger partial charge on any atom is 0.232 e. The number of para-hydroxylation sites is 3. The molecule has 3 N–H and O–H groups in total. The lowest BCUT2D eigenvalue weighted by molar-refractivity contribution is -0.124. The Morgan fingerprint density at radius 1 is 0.892 bits per heavy atom. The molecule has 3 aromatic carbocycles. The summed E-state index contributed by atoms with van der Waals surface area (Å²) >= 11 is 0. The Balaban J connectivity index is 1.67. The maximum atomic E-state index is 14.5. The first-order valence-electron chi connectivity index (χ1n) is 13.2. The van der Waals surface area contributed by atoms with E-state index in [2.05, 4.69) is 28.1 Å². The molecule has 6 nitrogen and oxygen atoms in total. The van der Waals surface area contributed by atoms with Gasteiger partial charge in [-0.3, -0.25) is 4.79 Å². The van der Waals surface area contributed by atoms with E-state index in [9.17, 15) is 4.79 Å². The molecule has 0 radical (unpaired) electrons. The number of carbonyl (C=O) groups is 1. The molecule has 0 aromatic heterocycles. The van der Waals surface area contributed by atoms with Crippen molar-refractivity contribution in [2.24, 2.45) is 11.8 Å². The Kier molecular flexibility index (Phi) is 7.00. The van der Waals surface area contributed by atoms with Crippen LogP contribution in [-0.2, 0) is 10.5 Å². The molecule has 37 heavy (non-hydrogen) atoms. The summed E-state index contributed by atoms with van der Waals surface area (Å²) in [7, 11) is 3.31. The van der Waals surface area contributed by atoms with E-state index in [1.807, 2.05) is 62.4 Å². The molecule has 5 rings (SSSR count). The van der Waals surface area contributed by atoms with Crippen LogP contribution in [0.2, 0.25) is 0 Å². The minimum Gasteiger partial charge on any atom is -0.497 e. The van der Waals surface area contributed by atoms with Crippen molar-refractivity contribution in [1.82, 2.24) is 0 Å². The van der Waals surface area contributed by atoms with Crippen molar-refractivity contribution in [2.75, 3.05) is 30.2 Å². The minimum atomic E-state index is -0.899. The van der Waals surface area contributed by atoms with Gasteiger partial charge < -0.3 is 25.4 Å². The van der Waals surface area contributed by atoms with Gasteiger partial charge in [-0.05, 0) is 68.0 Å². The van der Waals surface area contributed by atoms with Crippen molar-refractivity contribution in [2.45, 2.75) is 51.6 Å². The van der Waals surface area contributed by atoms with E-state index in [4.69, 9.17) is 9.47 Å². The van der Waals surface area contributed by atoms with E-state index >= 15 is 0 Å². The predicted molar refractivity (Wildman–Crippen MR) is 150 cm³/mol. The second-order valence-electron chi connectivity index (χ2n) is 10.3. The van der Waals surface area contributed by atoms with Crippen LogP contribution in [0, 0.1) is 25.7 Å². The van der Waals surface area contributed by atoms with Crippen LogP contribution >= 0.6 is 0 Å². The normalized spacial score (nSPS) is 17.2. The fourth-order valence-corrected chi connectivity index (χ4v) is 6.18. The monoisotopic (exact) mass is 499 g/mol. The first-order valence-corrected chi connectivity index (χ1v) is 13.2. The number of rotatable bonds is 7. The number of ether oxygens (including phenoxy) is 2. The number of fused-ring (bicyclic) bond motifs is 1. The summed E-state index contributed by atoms with van der Waals surface area (Å²) in [5.74, 6) is 1.18. The lowest BCUT2D eigenvalue weighted by atomic mass is 9.71. The molecule has 1 saturated carbocycles. The molecule has 1 aliphatic carbocycles. The molecule has 1 heterocycles. The average molecular weight is 500 g/mol. The van der Waals surface area contributed by atoms with Crippen LogP contribution in [0.15, 0.2) is 60.7 Å². The van der Waals surface area contributed by atoms with Gasteiger partial charge in [0.15, 0.2) is 5.66 Å². The number of methoxy groups -OCH3 is 2. The van der Waals surface area contributed by atoms with Crippen molar-refractivity contribution in [1.29, 1.82) is 0 Å². The second kappa shape index (κ2) is 10.4. The first-order chi connectivity index (χ1) is 18.0. The number of amides is 1. The molecule has 0 saturated heterocycles. The average Bonchev–Trinajstić information content (AvgIpc) is 3.31. The third-order valence-electron chi connectivity index (χ3n) is 8.02. The van der Waals surface area contributed by atoms with Gasteiger partial charge in [-0.25, -0.2) is 0 Å². The molecule has 1 atom stereocenters. The fraction of sp³-hybridized carbons (Fsp3) is 0.387. The zero-order chi connectivity index (χ0) is 26.0. The molecule has 1 unspecified atom stereocenters.